The molecule has 1 N–H and O–H groups in total. The summed E-state index contributed by atoms with van der Waals surface area (Å²) in [7, 11) is 3.78. The molecule has 2 rings (SSSR count). The van der Waals surface area contributed by atoms with Gasteiger partial charge in [-0.3, -0.25) is 4.79 Å². The number of thioether (sulfide) groups is 1. The van der Waals surface area contributed by atoms with E-state index in [0.29, 0.717) is 5.75 Å². The van der Waals surface area contributed by atoms with Crippen molar-refractivity contribution in [2.24, 2.45) is 0 Å². The van der Waals surface area contributed by atoms with Gasteiger partial charge in [0.05, 0.1) is 17.1 Å². The van der Waals surface area contributed by atoms with E-state index in [2.05, 4.69) is 16.3 Å². The molecule has 0 spiro atoms. The van der Waals surface area contributed by atoms with E-state index >= 15 is 0 Å². The van der Waals surface area contributed by atoms with Crippen LogP contribution in [0.1, 0.15) is 19.3 Å². The van der Waals surface area contributed by atoms with Gasteiger partial charge in [0.1, 0.15) is 4.32 Å². The SMILES string of the molecule is CN(C)C(=S)SCC(=O)Nc1ccccc1N1CCCCC1. The minimum Gasteiger partial charge on any atom is -0.370 e. The topological polar surface area (TPSA) is 35.6 Å². The van der Waals surface area contributed by atoms with Crippen LogP contribution >= 0.6 is 24.0 Å². The van der Waals surface area contributed by atoms with Crippen molar-refractivity contribution in [1.82, 2.24) is 4.90 Å². The van der Waals surface area contributed by atoms with Crippen molar-refractivity contribution in [1.29, 1.82) is 0 Å². The summed E-state index contributed by atoms with van der Waals surface area (Å²) in [5.74, 6) is 0.324. The highest BCUT2D eigenvalue weighted by molar-refractivity contribution is 8.23. The Morgan fingerprint density at radius 3 is 2.64 bits per heavy atom. The predicted molar refractivity (Wildman–Crippen MR) is 99.9 cm³/mol. The van der Waals surface area contributed by atoms with Gasteiger partial charge in [-0.1, -0.05) is 36.1 Å². The number of carbonyl (C=O) groups excluding carboxylic acids is 1. The molecule has 120 valence electrons. The molecule has 1 aromatic rings. The van der Waals surface area contributed by atoms with Crippen molar-refractivity contribution in [3.05, 3.63) is 24.3 Å². The molecule has 4 nitrogen and oxygen atoms in total. The van der Waals surface area contributed by atoms with Gasteiger partial charge in [0, 0.05) is 27.2 Å². The van der Waals surface area contributed by atoms with E-state index in [4.69, 9.17) is 12.2 Å². The van der Waals surface area contributed by atoms with Gasteiger partial charge in [0.15, 0.2) is 0 Å². The summed E-state index contributed by atoms with van der Waals surface area (Å²) in [4.78, 5) is 16.3. The van der Waals surface area contributed by atoms with Gasteiger partial charge in [0.25, 0.3) is 0 Å². The van der Waals surface area contributed by atoms with Gasteiger partial charge in [-0.05, 0) is 31.4 Å². The number of nitrogens with zero attached hydrogens (tertiary/aromatic N) is 2. The molecular formula is C16H23N3OS2. The van der Waals surface area contributed by atoms with Gasteiger partial charge in [-0.2, -0.15) is 0 Å². The minimum atomic E-state index is -0.0151. The Hall–Kier alpha value is -1.27. The average Bonchev–Trinajstić information content (AvgIpc) is 2.54. The van der Waals surface area contributed by atoms with Crippen molar-refractivity contribution in [3.63, 3.8) is 0 Å². The molecule has 1 heterocycles. The number of amides is 1. The van der Waals surface area contributed by atoms with Crippen LogP contribution < -0.4 is 10.2 Å². The molecule has 0 bridgehead atoms. The fraction of sp³-hybridized carbons (Fsp3) is 0.500. The second kappa shape index (κ2) is 8.39. The fourth-order valence-electron chi connectivity index (χ4n) is 2.43. The lowest BCUT2D eigenvalue weighted by Crippen LogP contribution is -2.30. The molecule has 0 radical (unpaired) electrons. The molecular weight excluding hydrogens is 314 g/mol. The zero-order chi connectivity index (χ0) is 15.9. The second-order valence-electron chi connectivity index (χ2n) is 5.56. The zero-order valence-corrected chi connectivity index (χ0v) is 14.8. The van der Waals surface area contributed by atoms with Crippen LogP contribution in [0.5, 0.6) is 0 Å². The van der Waals surface area contributed by atoms with Crippen LogP contribution in [0.3, 0.4) is 0 Å². The van der Waals surface area contributed by atoms with Crippen LogP contribution in [0, 0.1) is 0 Å². The normalized spacial score (nSPS) is 14.5. The van der Waals surface area contributed by atoms with Gasteiger partial charge < -0.3 is 15.1 Å². The number of benzene rings is 1. The Balaban J connectivity index is 1.97. The smallest absolute Gasteiger partial charge is 0.234 e. The quantitative estimate of drug-likeness (QED) is 0.854. The molecule has 0 saturated carbocycles. The third-order valence-electron chi connectivity index (χ3n) is 3.57. The summed E-state index contributed by atoms with van der Waals surface area (Å²) in [6, 6.07) is 8.03. The van der Waals surface area contributed by atoms with Crippen LogP contribution in [0.15, 0.2) is 24.3 Å². The molecule has 1 fully saturated rings. The fourth-order valence-corrected chi connectivity index (χ4v) is 3.19. The van der Waals surface area contributed by atoms with Crippen molar-refractivity contribution < 1.29 is 4.79 Å². The third-order valence-corrected chi connectivity index (χ3v) is 5.30. The van der Waals surface area contributed by atoms with Crippen molar-refractivity contribution in [2.75, 3.05) is 43.2 Å². The van der Waals surface area contributed by atoms with Crippen LogP contribution in [0.2, 0.25) is 0 Å². The Labute approximate surface area is 142 Å². The summed E-state index contributed by atoms with van der Waals surface area (Å²) in [5.41, 5.74) is 2.02. The van der Waals surface area contributed by atoms with E-state index in [1.165, 1.54) is 31.0 Å². The van der Waals surface area contributed by atoms with Gasteiger partial charge in [-0.15, -0.1) is 0 Å². The van der Waals surface area contributed by atoms with E-state index in [0.717, 1.165) is 28.8 Å². The molecule has 1 aromatic carbocycles. The Morgan fingerprint density at radius 1 is 1.27 bits per heavy atom. The first-order valence-corrected chi connectivity index (χ1v) is 8.95. The molecule has 1 aliphatic rings. The Bertz CT molecular complexity index is 528. The second-order valence-corrected chi connectivity index (χ2v) is 7.17. The number of thiocarbonyl (C=S) groups is 1. The lowest BCUT2D eigenvalue weighted by Gasteiger charge is -2.30. The molecule has 1 saturated heterocycles. The maximum atomic E-state index is 12.1. The van der Waals surface area contributed by atoms with Crippen molar-refractivity contribution >= 4 is 45.6 Å². The lowest BCUT2D eigenvalue weighted by molar-refractivity contribution is -0.113. The minimum absolute atomic E-state index is 0.0151. The van der Waals surface area contributed by atoms with Crippen LogP contribution in [-0.2, 0) is 4.79 Å². The summed E-state index contributed by atoms with van der Waals surface area (Å²) >= 11 is 6.57. The number of carbonyl (C=O) groups is 1. The molecule has 22 heavy (non-hydrogen) atoms. The highest BCUT2D eigenvalue weighted by atomic mass is 32.2. The largest absolute Gasteiger partial charge is 0.370 e. The first-order chi connectivity index (χ1) is 10.6. The molecule has 0 aliphatic carbocycles. The number of anilines is 2. The maximum absolute atomic E-state index is 12.1. The third kappa shape index (κ3) is 4.88. The number of hydrogen-bond donors (Lipinski definition) is 1. The molecule has 0 atom stereocenters. The summed E-state index contributed by atoms with van der Waals surface area (Å²) < 4.78 is 0.722. The number of nitrogens with one attached hydrogen (secondary N) is 1. The maximum Gasteiger partial charge on any atom is 0.234 e. The number of hydrogen-bond acceptors (Lipinski definition) is 4. The van der Waals surface area contributed by atoms with Crippen molar-refractivity contribution in [2.45, 2.75) is 19.3 Å². The molecule has 0 aromatic heterocycles. The molecule has 0 unspecified atom stereocenters. The van der Waals surface area contributed by atoms with Crippen LogP contribution in [0.25, 0.3) is 0 Å². The van der Waals surface area contributed by atoms with E-state index < -0.39 is 0 Å². The molecule has 1 amide bonds. The van der Waals surface area contributed by atoms with E-state index in [9.17, 15) is 4.79 Å². The van der Waals surface area contributed by atoms with Gasteiger partial charge in [-0.25, -0.2) is 0 Å². The Morgan fingerprint density at radius 2 is 1.95 bits per heavy atom. The summed E-state index contributed by atoms with van der Waals surface area (Å²) in [6.07, 6.45) is 3.73. The lowest BCUT2D eigenvalue weighted by atomic mass is 10.1. The highest BCUT2D eigenvalue weighted by Gasteiger charge is 2.15. The zero-order valence-electron chi connectivity index (χ0n) is 13.2. The van der Waals surface area contributed by atoms with Gasteiger partial charge >= 0.3 is 0 Å². The number of piperidine rings is 1. The first-order valence-electron chi connectivity index (χ1n) is 7.56. The van der Waals surface area contributed by atoms with Crippen LogP contribution in [-0.4, -0.2) is 48.1 Å². The molecule has 1 aliphatic heterocycles. The summed E-state index contributed by atoms with van der Waals surface area (Å²) in [6.45, 7) is 2.12. The first kappa shape index (κ1) is 17.1. The van der Waals surface area contributed by atoms with E-state index in [1.807, 2.05) is 37.2 Å². The monoisotopic (exact) mass is 337 g/mol. The number of rotatable bonds is 4. The van der Waals surface area contributed by atoms with Gasteiger partial charge in [0.2, 0.25) is 5.91 Å². The standard InChI is InChI=1S/C16H23N3OS2/c1-18(2)16(21)22-12-15(20)17-13-8-4-5-9-14(13)19-10-6-3-7-11-19/h4-5,8-9H,3,6-7,10-12H2,1-2H3,(H,17,20). The number of para-hydroxylation sites is 2. The Kier molecular flexibility index (Phi) is 6.51. The summed E-state index contributed by atoms with van der Waals surface area (Å²) in [5, 5.41) is 3.02. The van der Waals surface area contributed by atoms with Crippen LogP contribution in [0.4, 0.5) is 11.4 Å². The molecule has 6 heteroatoms. The predicted octanol–water partition coefficient (Wildman–Crippen LogP) is 3.20. The van der Waals surface area contributed by atoms with E-state index in [1.54, 1.807) is 0 Å². The van der Waals surface area contributed by atoms with Crippen molar-refractivity contribution in [3.8, 4) is 0 Å². The highest BCUT2D eigenvalue weighted by Crippen LogP contribution is 2.28. The van der Waals surface area contributed by atoms with E-state index in [-0.39, 0.29) is 5.91 Å². The average molecular weight is 338 g/mol.